The molecule has 1 aliphatic heterocycles. The zero-order valence-corrected chi connectivity index (χ0v) is 15.3. The normalized spacial score (nSPS) is 21.0. The summed E-state index contributed by atoms with van der Waals surface area (Å²) >= 11 is 0. The van der Waals surface area contributed by atoms with Crippen LogP contribution in [0.5, 0.6) is 0 Å². The molecule has 2 aliphatic rings. The summed E-state index contributed by atoms with van der Waals surface area (Å²) in [5, 5.41) is 9.20. The number of nitrogens with zero attached hydrogens (tertiary/aromatic N) is 3. The van der Waals surface area contributed by atoms with Crippen LogP contribution in [0.15, 0.2) is 29.1 Å². The molecule has 1 unspecified atom stereocenters. The Kier molecular flexibility index (Phi) is 4.76. The highest BCUT2D eigenvalue weighted by Gasteiger charge is 2.28. The second kappa shape index (κ2) is 7.19. The molecule has 1 saturated heterocycles. The number of rotatable bonds is 5. The third-order valence-corrected chi connectivity index (χ3v) is 5.52. The summed E-state index contributed by atoms with van der Waals surface area (Å²) < 4.78 is 1.54. The van der Waals surface area contributed by atoms with Gasteiger partial charge in [0, 0.05) is 18.5 Å². The number of hydrogen-bond acceptors (Lipinski definition) is 4. The van der Waals surface area contributed by atoms with E-state index >= 15 is 0 Å². The smallest absolute Gasteiger partial charge is 0.275 e. The lowest BCUT2D eigenvalue weighted by Crippen LogP contribution is -2.45. The maximum Gasteiger partial charge on any atom is 0.275 e. The predicted molar refractivity (Wildman–Crippen MR) is 101 cm³/mol. The number of hydrogen-bond donors (Lipinski definition) is 1. The summed E-state index contributed by atoms with van der Waals surface area (Å²) in [5.41, 5.74) is 0.794. The van der Waals surface area contributed by atoms with Crippen LogP contribution >= 0.6 is 0 Å². The summed E-state index contributed by atoms with van der Waals surface area (Å²) in [4.78, 5) is 27.3. The van der Waals surface area contributed by atoms with Gasteiger partial charge in [-0.15, -0.1) is 0 Å². The number of carbonyl (C=O) groups is 1. The summed E-state index contributed by atoms with van der Waals surface area (Å²) in [6.07, 6.45) is 4.38. The van der Waals surface area contributed by atoms with Gasteiger partial charge in [-0.25, -0.2) is 4.68 Å². The van der Waals surface area contributed by atoms with E-state index < -0.39 is 0 Å². The van der Waals surface area contributed by atoms with Crippen molar-refractivity contribution < 1.29 is 4.79 Å². The molecule has 2 aromatic rings. The van der Waals surface area contributed by atoms with Crippen molar-refractivity contribution in [3.05, 3.63) is 40.3 Å². The van der Waals surface area contributed by atoms with Gasteiger partial charge in [-0.3, -0.25) is 14.5 Å². The Morgan fingerprint density at radius 3 is 2.77 bits per heavy atom. The molecule has 1 N–H and O–H groups in total. The van der Waals surface area contributed by atoms with Crippen LogP contribution in [0.25, 0.3) is 10.8 Å². The highest BCUT2D eigenvalue weighted by Crippen LogP contribution is 2.28. The van der Waals surface area contributed by atoms with Gasteiger partial charge < -0.3 is 5.32 Å². The van der Waals surface area contributed by atoms with Gasteiger partial charge >= 0.3 is 0 Å². The number of carbonyl (C=O) groups excluding carboxylic acids is 1. The number of amides is 1. The summed E-state index contributed by atoms with van der Waals surface area (Å²) in [5.74, 6) is 0.873. The molecule has 1 aliphatic carbocycles. The van der Waals surface area contributed by atoms with E-state index in [4.69, 9.17) is 0 Å². The Labute approximate surface area is 153 Å². The van der Waals surface area contributed by atoms with E-state index in [2.05, 4.69) is 15.3 Å². The first-order valence-corrected chi connectivity index (χ1v) is 9.58. The van der Waals surface area contributed by atoms with Gasteiger partial charge in [-0.2, -0.15) is 5.10 Å². The first-order valence-electron chi connectivity index (χ1n) is 9.58. The van der Waals surface area contributed by atoms with Crippen LogP contribution in [0.1, 0.15) is 31.4 Å². The Balaban J connectivity index is 1.46. The summed E-state index contributed by atoms with van der Waals surface area (Å²) in [6.45, 7) is 4.78. The number of aromatic nitrogens is 2. The molecule has 4 rings (SSSR count). The van der Waals surface area contributed by atoms with Gasteiger partial charge in [-0.05, 0) is 51.1 Å². The third-order valence-electron chi connectivity index (χ3n) is 5.52. The van der Waals surface area contributed by atoms with Crippen molar-refractivity contribution in [2.24, 2.45) is 11.8 Å². The van der Waals surface area contributed by atoms with E-state index in [0.29, 0.717) is 24.5 Å². The summed E-state index contributed by atoms with van der Waals surface area (Å²) in [7, 11) is 0. The predicted octanol–water partition coefficient (Wildman–Crippen LogP) is 1.90. The van der Waals surface area contributed by atoms with Gasteiger partial charge in [0.25, 0.3) is 5.56 Å². The van der Waals surface area contributed by atoms with Crippen molar-refractivity contribution >= 4 is 16.7 Å². The highest BCUT2D eigenvalue weighted by atomic mass is 16.2. The van der Waals surface area contributed by atoms with Crippen LogP contribution < -0.4 is 10.9 Å². The summed E-state index contributed by atoms with van der Waals surface area (Å²) in [6, 6.07) is 7.60. The average Bonchev–Trinajstić information content (AvgIpc) is 3.49. The molecule has 1 amide bonds. The minimum atomic E-state index is -0.0634. The van der Waals surface area contributed by atoms with Crippen molar-refractivity contribution in [1.29, 1.82) is 0 Å². The quantitative estimate of drug-likeness (QED) is 0.891. The van der Waals surface area contributed by atoms with Crippen LogP contribution in [0.2, 0.25) is 0 Å². The molecule has 2 fully saturated rings. The topological polar surface area (TPSA) is 67.2 Å². The molecule has 6 heteroatoms. The molecule has 26 heavy (non-hydrogen) atoms. The van der Waals surface area contributed by atoms with Gasteiger partial charge in [0.05, 0.1) is 23.7 Å². The lowest BCUT2D eigenvalue weighted by Gasteiger charge is -2.32. The molecule has 0 bridgehead atoms. The number of benzene rings is 1. The molecule has 0 radical (unpaired) electrons. The van der Waals surface area contributed by atoms with Crippen LogP contribution in [0, 0.1) is 18.8 Å². The number of aryl methyl sites for hydroxylation is 1. The van der Waals surface area contributed by atoms with Crippen LogP contribution in [0.3, 0.4) is 0 Å². The highest BCUT2D eigenvalue weighted by molar-refractivity contribution is 5.83. The second-order valence-corrected chi connectivity index (χ2v) is 7.68. The van der Waals surface area contributed by atoms with E-state index in [1.165, 1.54) is 12.8 Å². The average molecular weight is 354 g/mol. The Morgan fingerprint density at radius 2 is 2.00 bits per heavy atom. The van der Waals surface area contributed by atoms with E-state index in [-0.39, 0.29) is 17.4 Å². The van der Waals surface area contributed by atoms with E-state index in [9.17, 15) is 9.59 Å². The number of fused-ring (bicyclic) bond motifs is 1. The van der Waals surface area contributed by atoms with Gasteiger partial charge in [0.1, 0.15) is 0 Å². The van der Waals surface area contributed by atoms with Gasteiger partial charge in [0.15, 0.2) is 0 Å². The van der Waals surface area contributed by atoms with E-state index in [1.54, 1.807) is 4.68 Å². The third kappa shape index (κ3) is 3.65. The number of nitrogens with one attached hydrogen (secondary N) is 1. The van der Waals surface area contributed by atoms with Crippen molar-refractivity contribution in [3.63, 3.8) is 0 Å². The molecule has 6 nitrogen and oxygen atoms in total. The zero-order chi connectivity index (χ0) is 18.1. The Morgan fingerprint density at radius 1 is 1.23 bits per heavy atom. The minimum absolute atomic E-state index is 0.0137. The molecule has 1 aromatic carbocycles. The lowest BCUT2D eigenvalue weighted by atomic mass is 9.97. The minimum Gasteiger partial charge on any atom is -0.356 e. The van der Waals surface area contributed by atoms with Gasteiger partial charge in [-0.1, -0.05) is 18.2 Å². The molecule has 138 valence electrons. The van der Waals surface area contributed by atoms with E-state index in [1.807, 2.05) is 31.2 Å². The fraction of sp³-hybridized carbons (Fsp3) is 0.550. The Bertz CT molecular complexity index is 872. The Hall–Kier alpha value is -2.21. The van der Waals surface area contributed by atoms with Gasteiger partial charge in [0.2, 0.25) is 5.91 Å². The maximum atomic E-state index is 12.7. The molecular formula is C20H26N4O2. The lowest BCUT2D eigenvalue weighted by molar-refractivity contribution is -0.127. The number of likely N-dealkylation sites (tertiary alicyclic amines) is 1. The molecule has 1 atom stereocenters. The van der Waals surface area contributed by atoms with Crippen molar-refractivity contribution in [2.45, 2.75) is 39.3 Å². The van der Waals surface area contributed by atoms with Crippen LogP contribution in [-0.4, -0.2) is 40.2 Å². The van der Waals surface area contributed by atoms with Crippen molar-refractivity contribution in [3.8, 4) is 0 Å². The first kappa shape index (κ1) is 17.2. The maximum absolute atomic E-state index is 12.7. The standard InChI is InChI=1S/C20H26N4O2/c1-14-17-6-2-3-7-18(17)20(26)24(22-14)13-23-10-4-5-16(12-23)19(25)21-11-15-8-9-15/h2-3,6-7,15-16H,4-5,8-13H2,1H3,(H,21,25). The fourth-order valence-corrected chi connectivity index (χ4v) is 3.80. The largest absolute Gasteiger partial charge is 0.356 e. The first-order chi connectivity index (χ1) is 12.6. The molecule has 1 aromatic heterocycles. The molecular weight excluding hydrogens is 328 g/mol. The molecule has 0 spiro atoms. The van der Waals surface area contributed by atoms with Crippen molar-refractivity contribution in [1.82, 2.24) is 20.0 Å². The second-order valence-electron chi connectivity index (χ2n) is 7.68. The van der Waals surface area contributed by atoms with Crippen molar-refractivity contribution in [2.75, 3.05) is 19.6 Å². The molecule has 2 heterocycles. The zero-order valence-electron chi connectivity index (χ0n) is 15.3. The van der Waals surface area contributed by atoms with Crippen LogP contribution in [-0.2, 0) is 11.5 Å². The van der Waals surface area contributed by atoms with E-state index in [0.717, 1.165) is 37.0 Å². The SMILES string of the molecule is Cc1nn(CN2CCCC(C(=O)NCC3CC3)C2)c(=O)c2ccccc12. The fourth-order valence-electron chi connectivity index (χ4n) is 3.80. The number of piperidine rings is 1. The monoisotopic (exact) mass is 354 g/mol. The molecule has 1 saturated carbocycles. The van der Waals surface area contributed by atoms with Crippen LogP contribution in [0.4, 0.5) is 0 Å².